The molecule has 0 bridgehead atoms. The summed E-state index contributed by atoms with van der Waals surface area (Å²) in [5.41, 5.74) is 2.39. The molecule has 138 valence electrons. The van der Waals surface area contributed by atoms with Gasteiger partial charge in [0.2, 0.25) is 5.78 Å². The normalized spacial score (nSPS) is 13.5. The Morgan fingerprint density at radius 2 is 1.43 bits per heavy atom. The number of benzene rings is 3. The molecular formula is C23H18N2O3. The van der Waals surface area contributed by atoms with Crippen LogP contribution in [0.1, 0.15) is 21.5 Å². The molecule has 0 N–H and O–H groups in total. The smallest absolute Gasteiger partial charge is 0.213 e. The quantitative estimate of drug-likeness (QED) is 0.385. The van der Waals surface area contributed by atoms with Crippen LogP contribution in [-0.4, -0.2) is 30.9 Å². The highest BCUT2D eigenvalue weighted by molar-refractivity contribution is 6.51. The summed E-state index contributed by atoms with van der Waals surface area (Å²) in [4.78, 5) is 12.9. The Labute approximate surface area is 163 Å². The minimum Gasteiger partial charge on any atom is -0.486 e. The van der Waals surface area contributed by atoms with Crippen molar-refractivity contribution in [1.82, 2.24) is 0 Å². The lowest BCUT2D eigenvalue weighted by Gasteiger charge is -2.18. The first-order valence-corrected chi connectivity index (χ1v) is 8.97. The molecule has 3 aromatic carbocycles. The van der Waals surface area contributed by atoms with E-state index < -0.39 is 0 Å². The van der Waals surface area contributed by atoms with Crippen LogP contribution in [0, 0.1) is 0 Å². The molecule has 0 aromatic heterocycles. The van der Waals surface area contributed by atoms with Gasteiger partial charge in [-0.2, -0.15) is 5.10 Å². The van der Waals surface area contributed by atoms with Gasteiger partial charge in [-0.15, -0.1) is 5.10 Å². The first-order valence-electron chi connectivity index (χ1n) is 8.97. The van der Waals surface area contributed by atoms with E-state index >= 15 is 0 Å². The highest BCUT2D eigenvalue weighted by Crippen LogP contribution is 2.30. The van der Waals surface area contributed by atoms with Crippen molar-refractivity contribution in [1.29, 1.82) is 0 Å². The molecule has 5 heteroatoms. The maximum Gasteiger partial charge on any atom is 0.213 e. The lowest BCUT2D eigenvalue weighted by molar-refractivity contribution is 0.106. The standard InChI is InChI=1S/C23H18N2O3/c26-23(19-9-5-2-6-10-19)22(18-7-3-1-4-8-18)25-24-16-17-11-12-20-21(15-17)28-14-13-27-20/h1-12,15-16H,13-14H2/b24-16-,25-22-. The van der Waals surface area contributed by atoms with Crippen LogP contribution in [0.3, 0.4) is 0 Å². The zero-order valence-electron chi connectivity index (χ0n) is 15.1. The van der Waals surface area contributed by atoms with Gasteiger partial charge in [0, 0.05) is 11.1 Å². The lowest BCUT2D eigenvalue weighted by Crippen LogP contribution is -2.15. The fraction of sp³-hybridized carbons (Fsp3) is 0.0870. The van der Waals surface area contributed by atoms with Crippen molar-refractivity contribution in [2.24, 2.45) is 10.2 Å². The number of ketones is 1. The third kappa shape index (κ3) is 3.99. The summed E-state index contributed by atoms with van der Waals surface area (Å²) >= 11 is 0. The van der Waals surface area contributed by atoms with Crippen LogP contribution in [0.4, 0.5) is 0 Å². The number of ether oxygens (including phenoxy) is 2. The van der Waals surface area contributed by atoms with Crippen LogP contribution in [-0.2, 0) is 0 Å². The highest BCUT2D eigenvalue weighted by atomic mass is 16.6. The number of nitrogens with zero attached hydrogens (tertiary/aromatic N) is 2. The third-order valence-electron chi connectivity index (χ3n) is 4.23. The Kier molecular flexibility index (Phi) is 5.24. The zero-order valence-corrected chi connectivity index (χ0v) is 15.1. The molecule has 0 aliphatic carbocycles. The van der Waals surface area contributed by atoms with Gasteiger partial charge in [-0.25, -0.2) is 0 Å². The Hall–Kier alpha value is -3.73. The maximum absolute atomic E-state index is 12.9. The van der Waals surface area contributed by atoms with Crippen LogP contribution in [0.2, 0.25) is 0 Å². The van der Waals surface area contributed by atoms with Gasteiger partial charge in [-0.1, -0.05) is 60.7 Å². The van der Waals surface area contributed by atoms with E-state index in [-0.39, 0.29) is 5.78 Å². The van der Waals surface area contributed by atoms with Crippen molar-refractivity contribution in [3.63, 3.8) is 0 Å². The van der Waals surface area contributed by atoms with Crippen LogP contribution < -0.4 is 9.47 Å². The average molecular weight is 370 g/mol. The molecule has 0 unspecified atom stereocenters. The van der Waals surface area contributed by atoms with E-state index in [2.05, 4.69) is 10.2 Å². The van der Waals surface area contributed by atoms with Gasteiger partial charge in [0.25, 0.3) is 0 Å². The van der Waals surface area contributed by atoms with Crippen LogP contribution in [0.5, 0.6) is 11.5 Å². The van der Waals surface area contributed by atoms with E-state index in [0.29, 0.717) is 30.2 Å². The SMILES string of the molecule is O=C(/C(=N\N=C/c1ccc2c(c1)OCCO2)c1ccccc1)c1ccccc1. The van der Waals surface area contributed by atoms with Crippen molar-refractivity contribution >= 4 is 17.7 Å². The van der Waals surface area contributed by atoms with E-state index in [0.717, 1.165) is 16.9 Å². The predicted octanol–water partition coefficient (Wildman–Crippen LogP) is 4.16. The molecule has 0 amide bonds. The number of carbonyl (C=O) groups excluding carboxylic acids is 1. The summed E-state index contributed by atoms with van der Waals surface area (Å²) in [6.07, 6.45) is 1.60. The van der Waals surface area contributed by atoms with Crippen molar-refractivity contribution in [3.8, 4) is 11.5 Å². The molecule has 0 spiro atoms. The van der Waals surface area contributed by atoms with Gasteiger partial charge in [0.1, 0.15) is 18.9 Å². The molecule has 0 atom stereocenters. The average Bonchev–Trinajstić information content (AvgIpc) is 2.77. The van der Waals surface area contributed by atoms with Crippen molar-refractivity contribution in [2.45, 2.75) is 0 Å². The topological polar surface area (TPSA) is 60.2 Å². The Balaban J connectivity index is 1.64. The van der Waals surface area contributed by atoms with E-state index in [1.54, 1.807) is 18.3 Å². The summed E-state index contributed by atoms with van der Waals surface area (Å²) in [5.74, 6) is 1.23. The second-order valence-corrected chi connectivity index (χ2v) is 6.16. The number of hydrogen-bond acceptors (Lipinski definition) is 5. The molecule has 1 aliphatic rings. The summed E-state index contributed by atoms with van der Waals surface area (Å²) in [6.45, 7) is 1.07. The van der Waals surface area contributed by atoms with Gasteiger partial charge < -0.3 is 9.47 Å². The number of rotatable bonds is 5. The lowest BCUT2D eigenvalue weighted by atomic mass is 10.0. The molecule has 1 aliphatic heterocycles. The molecule has 1 heterocycles. The number of carbonyl (C=O) groups is 1. The molecule has 0 saturated carbocycles. The van der Waals surface area contributed by atoms with Gasteiger partial charge >= 0.3 is 0 Å². The van der Waals surface area contributed by atoms with Crippen molar-refractivity contribution < 1.29 is 14.3 Å². The molecule has 5 nitrogen and oxygen atoms in total. The minimum atomic E-state index is -0.175. The van der Waals surface area contributed by atoms with Gasteiger partial charge in [-0.3, -0.25) is 4.79 Å². The number of fused-ring (bicyclic) bond motifs is 1. The second kappa shape index (κ2) is 8.31. The largest absolute Gasteiger partial charge is 0.486 e. The second-order valence-electron chi connectivity index (χ2n) is 6.16. The monoisotopic (exact) mass is 370 g/mol. The highest BCUT2D eigenvalue weighted by Gasteiger charge is 2.16. The Morgan fingerprint density at radius 1 is 0.786 bits per heavy atom. The maximum atomic E-state index is 12.9. The summed E-state index contributed by atoms with van der Waals surface area (Å²) < 4.78 is 11.1. The van der Waals surface area contributed by atoms with E-state index in [9.17, 15) is 4.79 Å². The Morgan fingerprint density at radius 3 is 2.14 bits per heavy atom. The van der Waals surface area contributed by atoms with Gasteiger partial charge in [-0.05, 0) is 23.8 Å². The molecular weight excluding hydrogens is 352 g/mol. The summed E-state index contributed by atoms with van der Waals surface area (Å²) in [6, 6.07) is 23.9. The number of hydrogen-bond donors (Lipinski definition) is 0. The predicted molar refractivity (Wildman–Crippen MR) is 109 cm³/mol. The van der Waals surface area contributed by atoms with Crippen LogP contribution in [0.15, 0.2) is 89.1 Å². The van der Waals surface area contributed by atoms with Crippen molar-refractivity contribution in [2.75, 3.05) is 13.2 Å². The molecule has 3 aromatic rings. The van der Waals surface area contributed by atoms with E-state index in [1.807, 2.05) is 66.7 Å². The van der Waals surface area contributed by atoms with Gasteiger partial charge in [0.05, 0.1) is 6.21 Å². The van der Waals surface area contributed by atoms with Crippen LogP contribution >= 0.6 is 0 Å². The van der Waals surface area contributed by atoms with Gasteiger partial charge in [0.15, 0.2) is 11.5 Å². The molecule has 0 radical (unpaired) electrons. The molecule has 0 fully saturated rings. The summed E-state index contributed by atoms with van der Waals surface area (Å²) in [7, 11) is 0. The summed E-state index contributed by atoms with van der Waals surface area (Å²) in [5, 5.41) is 8.40. The first-order chi connectivity index (χ1) is 13.8. The van der Waals surface area contributed by atoms with E-state index in [1.165, 1.54) is 0 Å². The van der Waals surface area contributed by atoms with Crippen LogP contribution in [0.25, 0.3) is 0 Å². The fourth-order valence-electron chi connectivity index (χ4n) is 2.85. The van der Waals surface area contributed by atoms with E-state index in [4.69, 9.17) is 9.47 Å². The Bertz CT molecular complexity index is 1030. The fourth-order valence-corrected chi connectivity index (χ4v) is 2.85. The molecule has 28 heavy (non-hydrogen) atoms. The molecule has 0 saturated heterocycles. The zero-order chi connectivity index (χ0) is 19.2. The first kappa shape index (κ1) is 17.7. The minimum absolute atomic E-state index is 0.175. The van der Waals surface area contributed by atoms with Crippen molar-refractivity contribution in [3.05, 3.63) is 95.6 Å². The number of Topliss-reactive ketones (excluding diaryl/α,β-unsaturated/α-hetero) is 1. The molecule has 4 rings (SSSR count). The third-order valence-corrected chi connectivity index (χ3v) is 4.23.